The normalized spacial score (nSPS) is 46.2. The minimum absolute atomic E-state index is 0.0862. The van der Waals surface area contributed by atoms with Crippen molar-refractivity contribution in [1.82, 2.24) is 0 Å². The summed E-state index contributed by atoms with van der Waals surface area (Å²) in [6, 6.07) is 0. The Labute approximate surface area is 154 Å². The van der Waals surface area contributed by atoms with Crippen molar-refractivity contribution in [3.05, 3.63) is 12.2 Å². The van der Waals surface area contributed by atoms with E-state index in [4.69, 9.17) is 0 Å². The molecule has 0 aromatic rings. The van der Waals surface area contributed by atoms with Crippen LogP contribution in [0.25, 0.3) is 0 Å². The maximum atomic E-state index is 11.6. The van der Waals surface area contributed by atoms with Gasteiger partial charge >= 0.3 is 0 Å². The zero-order valence-electron chi connectivity index (χ0n) is 17.0. The highest BCUT2D eigenvalue weighted by Gasteiger charge is 2.63. The van der Waals surface area contributed by atoms with Crippen molar-refractivity contribution in [1.29, 1.82) is 0 Å². The summed E-state index contributed by atoms with van der Waals surface area (Å²) in [6.45, 7) is 15.7. The van der Waals surface area contributed by atoms with Gasteiger partial charge in [0.2, 0.25) is 0 Å². The molecule has 0 aromatic carbocycles. The molecule has 0 bridgehead atoms. The third-order valence-electron chi connectivity index (χ3n) is 8.54. The molecule has 3 rings (SSSR count). The third-order valence-corrected chi connectivity index (χ3v) is 8.54. The molecule has 0 aliphatic heterocycles. The minimum atomic E-state index is -0.229. The first-order valence-electron chi connectivity index (χ1n) is 10.4. The Morgan fingerprint density at radius 2 is 1.88 bits per heavy atom. The first kappa shape index (κ1) is 19.1. The minimum Gasteiger partial charge on any atom is -0.393 e. The lowest BCUT2D eigenvalue weighted by Gasteiger charge is -2.67. The number of hydrogen-bond acceptors (Lipinski definition) is 2. The summed E-state index contributed by atoms with van der Waals surface area (Å²) < 4.78 is 0. The molecule has 142 valence electrons. The first-order valence-corrected chi connectivity index (χ1v) is 10.4. The fourth-order valence-corrected chi connectivity index (χ4v) is 7.84. The Hall–Kier alpha value is -0.630. The van der Waals surface area contributed by atoms with Gasteiger partial charge in [-0.2, -0.15) is 0 Å². The summed E-state index contributed by atoms with van der Waals surface area (Å²) in [7, 11) is 0. The summed E-state index contributed by atoms with van der Waals surface area (Å²) in [5.41, 5.74) is 1.84. The number of carbonyl (C=O) groups excluding carboxylic acids is 1. The average Bonchev–Trinajstić information content (AvgIpc) is 2.43. The molecule has 0 radical (unpaired) electrons. The number of rotatable bonds is 3. The summed E-state index contributed by atoms with van der Waals surface area (Å²) in [5.74, 6) is 1.69. The van der Waals surface area contributed by atoms with E-state index in [1.807, 2.05) is 0 Å². The molecule has 25 heavy (non-hydrogen) atoms. The van der Waals surface area contributed by atoms with Gasteiger partial charge in [0.15, 0.2) is 0 Å². The lowest BCUT2D eigenvalue weighted by atomic mass is 9.38. The van der Waals surface area contributed by atoms with Crippen molar-refractivity contribution in [3.8, 4) is 0 Å². The maximum Gasteiger partial charge on any atom is 0.129 e. The van der Waals surface area contributed by atoms with Crippen LogP contribution in [0.1, 0.15) is 86.0 Å². The van der Waals surface area contributed by atoms with Gasteiger partial charge in [0.05, 0.1) is 6.10 Å². The highest BCUT2D eigenvalue weighted by molar-refractivity contribution is 5.75. The zero-order valence-corrected chi connectivity index (χ0v) is 17.0. The van der Waals surface area contributed by atoms with Crippen molar-refractivity contribution < 1.29 is 9.90 Å². The molecule has 3 saturated carbocycles. The number of ketones is 1. The molecular formula is C23H38O2. The molecule has 2 heteroatoms. The first-order chi connectivity index (χ1) is 11.5. The highest BCUT2D eigenvalue weighted by atomic mass is 16.3. The number of aliphatic hydroxyl groups excluding tert-OH is 1. The van der Waals surface area contributed by atoms with Crippen LogP contribution in [0.3, 0.4) is 0 Å². The predicted octanol–water partition coefficient (Wildman–Crippen LogP) is 5.54. The molecule has 6 atom stereocenters. The Bertz CT molecular complexity index is 562. The van der Waals surface area contributed by atoms with E-state index in [-0.39, 0.29) is 28.1 Å². The summed E-state index contributed by atoms with van der Waals surface area (Å²) in [5, 5.41) is 11.3. The van der Waals surface area contributed by atoms with Gasteiger partial charge in [0.1, 0.15) is 5.78 Å². The standard InChI is InChI=1S/C23H38O2/c1-15-8-11-19-22(5)13-7-12-21(3,4)20(22)18(25)14-23(19,6)17(15)10-9-16(2)24/h17-20,25H,1,7-14H2,2-6H3/t17-,18+,19-,20+,22-,23+/m1/s1. The van der Waals surface area contributed by atoms with E-state index < -0.39 is 0 Å². The lowest BCUT2D eigenvalue weighted by molar-refractivity contribution is -0.204. The molecule has 3 aliphatic rings. The summed E-state index contributed by atoms with van der Waals surface area (Å²) in [4.78, 5) is 11.6. The maximum absolute atomic E-state index is 11.6. The number of carbonyl (C=O) groups is 1. The quantitative estimate of drug-likeness (QED) is 0.681. The van der Waals surface area contributed by atoms with Crippen LogP contribution in [-0.4, -0.2) is 17.0 Å². The number of hydrogen-bond donors (Lipinski definition) is 1. The van der Waals surface area contributed by atoms with Gasteiger partial charge in [-0.05, 0) is 79.4 Å². The van der Waals surface area contributed by atoms with Crippen molar-refractivity contribution in [2.24, 2.45) is 34.0 Å². The van der Waals surface area contributed by atoms with E-state index in [2.05, 4.69) is 34.3 Å². The van der Waals surface area contributed by atoms with Crippen molar-refractivity contribution in [3.63, 3.8) is 0 Å². The van der Waals surface area contributed by atoms with E-state index in [0.717, 1.165) is 19.3 Å². The number of allylic oxidation sites excluding steroid dienone is 1. The highest BCUT2D eigenvalue weighted by Crippen LogP contribution is 2.69. The topological polar surface area (TPSA) is 37.3 Å². The lowest BCUT2D eigenvalue weighted by Crippen LogP contribution is -2.63. The average molecular weight is 347 g/mol. The van der Waals surface area contributed by atoms with E-state index in [9.17, 15) is 9.90 Å². The predicted molar refractivity (Wildman–Crippen MR) is 103 cm³/mol. The Kier molecular flexibility index (Phi) is 4.76. The number of aliphatic hydroxyl groups is 1. The van der Waals surface area contributed by atoms with Crippen LogP contribution >= 0.6 is 0 Å². The van der Waals surface area contributed by atoms with Crippen molar-refractivity contribution >= 4 is 5.78 Å². The second-order valence-electron chi connectivity index (χ2n) is 10.6. The Morgan fingerprint density at radius 3 is 2.52 bits per heavy atom. The molecule has 0 heterocycles. The Balaban J connectivity index is 1.99. The van der Waals surface area contributed by atoms with Crippen LogP contribution in [0.4, 0.5) is 0 Å². The van der Waals surface area contributed by atoms with E-state index >= 15 is 0 Å². The van der Waals surface area contributed by atoms with Crippen LogP contribution in [0.5, 0.6) is 0 Å². The van der Waals surface area contributed by atoms with Crippen LogP contribution in [-0.2, 0) is 4.79 Å². The SMILES string of the molecule is C=C1CC[C@H]2[C@@](C)(C[C@H](O)[C@H]3C(C)(C)CCC[C@]23C)[C@@H]1CCC(C)=O. The van der Waals surface area contributed by atoms with Gasteiger partial charge in [-0.25, -0.2) is 0 Å². The van der Waals surface area contributed by atoms with Crippen LogP contribution in [0.15, 0.2) is 12.2 Å². The smallest absolute Gasteiger partial charge is 0.129 e. The van der Waals surface area contributed by atoms with Gasteiger partial charge in [0, 0.05) is 6.42 Å². The molecule has 0 unspecified atom stereocenters. The summed E-state index contributed by atoms with van der Waals surface area (Å²) >= 11 is 0. The monoisotopic (exact) mass is 346 g/mol. The van der Waals surface area contributed by atoms with Crippen molar-refractivity contribution in [2.45, 2.75) is 92.1 Å². The van der Waals surface area contributed by atoms with Gasteiger partial charge in [-0.3, -0.25) is 0 Å². The van der Waals surface area contributed by atoms with Crippen LogP contribution in [0.2, 0.25) is 0 Å². The number of fused-ring (bicyclic) bond motifs is 3. The fourth-order valence-electron chi connectivity index (χ4n) is 7.84. The molecule has 3 aliphatic carbocycles. The van der Waals surface area contributed by atoms with Crippen molar-refractivity contribution in [2.75, 3.05) is 0 Å². The number of Topliss-reactive ketones (excluding diaryl/α,β-unsaturated/α-hetero) is 1. The van der Waals surface area contributed by atoms with Crippen LogP contribution in [0, 0.1) is 34.0 Å². The van der Waals surface area contributed by atoms with E-state index in [0.29, 0.717) is 24.2 Å². The Morgan fingerprint density at radius 1 is 1.20 bits per heavy atom. The molecule has 2 nitrogen and oxygen atoms in total. The van der Waals surface area contributed by atoms with Gasteiger partial charge in [-0.1, -0.05) is 46.3 Å². The third kappa shape index (κ3) is 2.93. The molecule has 0 spiro atoms. The van der Waals surface area contributed by atoms with E-state index in [1.165, 1.54) is 31.3 Å². The molecule has 1 N–H and O–H groups in total. The second-order valence-corrected chi connectivity index (χ2v) is 10.6. The second kappa shape index (κ2) is 6.22. The molecule has 0 aromatic heterocycles. The zero-order chi connectivity index (χ0) is 18.6. The van der Waals surface area contributed by atoms with Gasteiger partial charge in [0.25, 0.3) is 0 Å². The summed E-state index contributed by atoms with van der Waals surface area (Å²) in [6.07, 6.45) is 8.27. The molecule has 0 saturated heterocycles. The van der Waals surface area contributed by atoms with Crippen LogP contribution < -0.4 is 0 Å². The van der Waals surface area contributed by atoms with E-state index in [1.54, 1.807) is 6.92 Å². The largest absolute Gasteiger partial charge is 0.393 e. The van der Waals surface area contributed by atoms with Gasteiger partial charge < -0.3 is 9.90 Å². The van der Waals surface area contributed by atoms with Gasteiger partial charge in [-0.15, -0.1) is 0 Å². The molecular weight excluding hydrogens is 308 g/mol. The fraction of sp³-hybridized carbons (Fsp3) is 0.870. The molecule has 0 amide bonds. The molecule has 3 fully saturated rings.